The van der Waals surface area contributed by atoms with Gasteiger partial charge in [0.15, 0.2) is 18.3 Å². The molecule has 136 valence electrons. The summed E-state index contributed by atoms with van der Waals surface area (Å²) in [6.45, 7) is 3.86. The van der Waals surface area contributed by atoms with E-state index < -0.39 is 24.3 Å². The van der Waals surface area contributed by atoms with E-state index in [1.54, 1.807) is 12.3 Å². The van der Waals surface area contributed by atoms with Crippen molar-refractivity contribution >= 4 is 34.9 Å². The maximum Gasteiger partial charge on any atom is 0.316 e. The van der Waals surface area contributed by atoms with Gasteiger partial charge >= 0.3 is 5.97 Å². The first kappa shape index (κ1) is 19.9. The molecule has 0 radical (unpaired) electrons. The number of aryl methyl sites for hydroxylation is 1. The first-order chi connectivity index (χ1) is 12.5. The van der Waals surface area contributed by atoms with Crippen LogP contribution < -0.4 is 4.74 Å². The minimum atomic E-state index is -1.000. The number of esters is 1. The molecule has 0 spiro atoms. The van der Waals surface area contributed by atoms with E-state index in [-0.39, 0.29) is 5.75 Å². The highest BCUT2D eigenvalue weighted by atomic mass is 32.2. The van der Waals surface area contributed by atoms with E-state index in [0.717, 1.165) is 16.3 Å². The van der Waals surface area contributed by atoms with E-state index >= 15 is 0 Å². The van der Waals surface area contributed by atoms with Crippen molar-refractivity contribution in [2.24, 2.45) is 0 Å². The molecule has 1 heterocycles. The number of hydrogen-bond acceptors (Lipinski definition) is 8. The van der Waals surface area contributed by atoms with Gasteiger partial charge in [-0.25, -0.2) is 4.98 Å². The summed E-state index contributed by atoms with van der Waals surface area (Å²) in [5.41, 5.74) is 0.752. The number of carbonyl (C=O) groups excluding carboxylic acids is 2. The van der Waals surface area contributed by atoms with Crippen molar-refractivity contribution < 1.29 is 19.1 Å². The van der Waals surface area contributed by atoms with Gasteiger partial charge in [0.05, 0.1) is 18.4 Å². The summed E-state index contributed by atoms with van der Waals surface area (Å²) in [4.78, 5) is 29.0. The molecule has 0 saturated carbocycles. The molecular formula is C18H18N2O4S2. The van der Waals surface area contributed by atoms with Crippen molar-refractivity contribution in [1.29, 1.82) is 5.26 Å². The minimum absolute atomic E-state index is 0.0782. The Morgan fingerprint density at radius 2 is 2.08 bits per heavy atom. The number of aromatic nitrogens is 1. The highest BCUT2D eigenvalue weighted by molar-refractivity contribution is 8.00. The zero-order valence-corrected chi connectivity index (χ0v) is 16.1. The van der Waals surface area contributed by atoms with Crippen molar-refractivity contribution in [3.8, 4) is 11.8 Å². The van der Waals surface area contributed by atoms with Crippen LogP contribution in [0.4, 0.5) is 0 Å². The fraction of sp³-hybridized carbons (Fsp3) is 0.333. The number of carbonyl (C=O) groups is 2. The van der Waals surface area contributed by atoms with Gasteiger partial charge in [-0.2, -0.15) is 5.26 Å². The van der Waals surface area contributed by atoms with Gasteiger partial charge < -0.3 is 9.47 Å². The van der Waals surface area contributed by atoms with Crippen molar-refractivity contribution in [2.45, 2.75) is 24.7 Å². The van der Waals surface area contributed by atoms with Gasteiger partial charge in [0.2, 0.25) is 0 Å². The van der Waals surface area contributed by atoms with E-state index in [1.165, 1.54) is 23.1 Å². The number of thiazole rings is 1. The smallest absolute Gasteiger partial charge is 0.316 e. The molecule has 2 aromatic rings. The highest BCUT2D eigenvalue weighted by Crippen LogP contribution is 2.22. The topological polar surface area (TPSA) is 89.3 Å². The third-order valence-electron chi connectivity index (χ3n) is 3.20. The summed E-state index contributed by atoms with van der Waals surface area (Å²) < 4.78 is 10.3. The van der Waals surface area contributed by atoms with Crippen LogP contribution in [0, 0.1) is 18.3 Å². The second-order valence-electron chi connectivity index (χ2n) is 5.21. The Labute approximate surface area is 160 Å². The van der Waals surface area contributed by atoms with E-state index in [2.05, 4.69) is 4.98 Å². The molecule has 0 amide bonds. The largest absolute Gasteiger partial charge is 0.494 e. The Kier molecular flexibility index (Phi) is 7.63. The number of hydrogen-bond donors (Lipinski definition) is 0. The van der Waals surface area contributed by atoms with Crippen LogP contribution in [0.15, 0.2) is 34.5 Å². The van der Waals surface area contributed by atoms with Crippen LogP contribution in [-0.2, 0) is 14.3 Å². The van der Waals surface area contributed by atoms with Crippen molar-refractivity contribution in [1.82, 2.24) is 4.98 Å². The average Bonchev–Trinajstić information content (AvgIpc) is 3.06. The zero-order valence-electron chi connectivity index (χ0n) is 14.4. The zero-order chi connectivity index (χ0) is 18.9. The summed E-state index contributed by atoms with van der Waals surface area (Å²) >= 11 is 2.55. The molecule has 0 bridgehead atoms. The molecule has 26 heavy (non-hydrogen) atoms. The molecule has 0 aliphatic heterocycles. The number of thioether (sulfide) groups is 1. The number of rotatable bonds is 9. The number of ether oxygens (including phenoxy) is 2. The van der Waals surface area contributed by atoms with Gasteiger partial charge in [0.1, 0.15) is 10.8 Å². The minimum Gasteiger partial charge on any atom is -0.494 e. The van der Waals surface area contributed by atoms with Gasteiger partial charge in [-0.05, 0) is 38.1 Å². The molecule has 2 rings (SSSR count). The number of Topliss-reactive ketones (excluding diaryl/α,β-unsaturated/α-hetero) is 1. The van der Waals surface area contributed by atoms with Gasteiger partial charge in [0.25, 0.3) is 0 Å². The van der Waals surface area contributed by atoms with Gasteiger partial charge in [-0.3, -0.25) is 9.59 Å². The van der Waals surface area contributed by atoms with Crippen LogP contribution >= 0.6 is 23.1 Å². The standard InChI is InChI=1S/C18H18N2O4S2/c1-3-23-13-4-6-14(7-5-13)25-11-17(22)24-9-16(21)15(8-19)18-20-12(2)10-26-18/h4-7,10,15H,3,9,11H2,1-2H3/t15-/m1/s1. The second-order valence-corrected chi connectivity index (χ2v) is 7.15. The Bertz CT molecular complexity index is 796. The van der Waals surface area contributed by atoms with Gasteiger partial charge in [-0.15, -0.1) is 23.1 Å². The molecule has 0 unspecified atom stereocenters. The normalized spacial score (nSPS) is 11.4. The lowest BCUT2D eigenvalue weighted by atomic mass is 10.1. The fourth-order valence-corrected chi connectivity index (χ4v) is 3.54. The van der Waals surface area contributed by atoms with Crippen LogP contribution in [0.3, 0.4) is 0 Å². The predicted molar refractivity (Wildman–Crippen MR) is 99.5 cm³/mol. The van der Waals surface area contributed by atoms with Crippen LogP contribution in [0.25, 0.3) is 0 Å². The summed E-state index contributed by atoms with van der Waals surface area (Å²) in [5.74, 6) is -1.13. The van der Waals surface area contributed by atoms with Gasteiger partial charge in [-0.1, -0.05) is 0 Å². The Morgan fingerprint density at radius 3 is 2.65 bits per heavy atom. The molecule has 0 aliphatic carbocycles. The molecule has 0 N–H and O–H groups in total. The van der Waals surface area contributed by atoms with Crippen molar-refractivity contribution in [3.63, 3.8) is 0 Å². The summed E-state index contributed by atoms with van der Waals surface area (Å²) in [6.07, 6.45) is 0. The van der Waals surface area contributed by atoms with E-state index in [1.807, 2.05) is 37.3 Å². The number of nitrogens with zero attached hydrogens (tertiary/aromatic N) is 2. The molecule has 8 heteroatoms. The molecule has 1 atom stereocenters. The average molecular weight is 390 g/mol. The molecule has 6 nitrogen and oxygen atoms in total. The molecular weight excluding hydrogens is 372 g/mol. The van der Waals surface area contributed by atoms with E-state index in [4.69, 9.17) is 9.47 Å². The summed E-state index contributed by atoms with van der Waals surface area (Å²) in [6, 6.07) is 9.28. The van der Waals surface area contributed by atoms with Gasteiger partial charge in [0, 0.05) is 16.0 Å². The van der Waals surface area contributed by atoms with Crippen LogP contribution in [-0.4, -0.2) is 35.7 Å². The number of ketones is 1. The molecule has 1 aromatic heterocycles. The SMILES string of the molecule is CCOc1ccc(SCC(=O)OCC(=O)[C@@H](C#N)c2nc(C)cs2)cc1. The lowest BCUT2D eigenvalue weighted by Crippen LogP contribution is -2.20. The van der Waals surface area contributed by atoms with Crippen LogP contribution in [0.1, 0.15) is 23.5 Å². The maximum absolute atomic E-state index is 12.1. The lowest BCUT2D eigenvalue weighted by Gasteiger charge is -2.07. The van der Waals surface area contributed by atoms with E-state index in [0.29, 0.717) is 11.6 Å². The lowest BCUT2D eigenvalue weighted by molar-refractivity contribution is -0.145. The Morgan fingerprint density at radius 1 is 1.35 bits per heavy atom. The number of nitriles is 1. The Balaban J connectivity index is 1.78. The van der Waals surface area contributed by atoms with Crippen LogP contribution in [0.2, 0.25) is 0 Å². The first-order valence-corrected chi connectivity index (χ1v) is 9.75. The van der Waals surface area contributed by atoms with Crippen molar-refractivity contribution in [3.05, 3.63) is 40.3 Å². The van der Waals surface area contributed by atoms with Crippen molar-refractivity contribution in [2.75, 3.05) is 19.0 Å². The summed E-state index contributed by atoms with van der Waals surface area (Å²) in [5, 5.41) is 11.4. The third-order valence-corrected chi connectivity index (χ3v) is 5.21. The molecule has 0 fully saturated rings. The molecule has 1 aromatic carbocycles. The first-order valence-electron chi connectivity index (χ1n) is 7.89. The second kappa shape index (κ2) is 9.94. The van der Waals surface area contributed by atoms with Crippen LogP contribution in [0.5, 0.6) is 5.75 Å². The Hall–Kier alpha value is -2.37. The summed E-state index contributed by atoms with van der Waals surface area (Å²) in [7, 11) is 0. The van der Waals surface area contributed by atoms with E-state index in [9.17, 15) is 14.9 Å². The fourth-order valence-electron chi connectivity index (χ4n) is 1.99. The number of benzene rings is 1. The monoisotopic (exact) mass is 390 g/mol. The molecule has 0 aliphatic rings. The quantitative estimate of drug-likeness (QED) is 0.479. The maximum atomic E-state index is 12.1. The molecule has 0 saturated heterocycles. The highest BCUT2D eigenvalue weighted by Gasteiger charge is 2.24. The third kappa shape index (κ3) is 5.86. The predicted octanol–water partition coefficient (Wildman–Crippen LogP) is 3.36.